The lowest BCUT2D eigenvalue weighted by atomic mass is 10.2. The summed E-state index contributed by atoms with van der Waals surface area (Å²) >= 11 is 4.68. The number of aliphatic hydroxyl groups is 1. The molecule has 0 aliphatic rings. The molecule has 0 aliphatic heterocycles. The van der Waals surface area contributed by atoms with E-state index in [4.69, 9.17) is 10.8 Å². The molecule has 3 amide bonds. The normalized spacial score (nSPS) is 13.5. The number of carboxylic acid groups (broad SMARTS) is 1. The molecule has 5 N–H and O–H groups in total. The SMILES string of the molecule is CCOC(=O)C(O)=CSCC(NC(=O)C(N)CS)C(=O)N(C)C(=O)O. The molecular formula is C13H21N3O7S2. The Balaban J connectivity index is 5.04. The summed E-state index contributed by atoms with van der Waals surface area (Å²) in [7, 11) is 1.03. The number of esters is 1. The van der Waals surface area contributed by atoms with Gasteiger partial charge in [-0.1, -0.05) is 0 Å². The van der Waals surface area contributed by atoms with E-state index in [1.807, 2.05) is 0 Å². The number of likely N-dealkylation sites (N-methyl/N-ethyl adjacent to an activating group) is 1. The van der Waals surface area contributed by atoms with Gasteiger partial charge >= 0.3 is 12.1 Å². The van der Waals surface area contributed by atoms with Crippen molar-refractivity contribution in [2.45, 2.75) is 19.0 Å². The van der Waals surface area contributed by atoms with Crippen LogP contribution >= 0.6 is 24.4 Å². The molecule has 0 fully saturated rings. The van der Waals surface area contributed by atoms with Crippen LogP contribution in [-0.4, -0.2) is 76.2 Å². The molecule has 0 aromatic heterocycles. The van der Waals surface area contributed by atoms with Crippen LogP contribution in [0.1, 0.15) is 6.92 Å². The summed E-state index contributed by atoms with van der Waals surface area (Å²) in [5, 5.41) is 21.7. The van der Waals surface area contributed by atoms with E-state index in [1.54, 1.807) is 6.92 Å². The lowest BCUT2D eigenvalue weighted by Crippen LogP contribution is -2.54. The van der Waals surface area contributed by atoms with Gasteiger partial charge in [0.15, 0.2) is 0 Å². The highest BCUT2D eigenvalue weighted by molar-refractivity contribution is 8.02. The predicted octanol–water partition coefficient (Wildman–Crippen LogP) is -0.440. The second-order valence-electron chi connectivity index (χ2n) is 4.59. The Bertz CT molecular complexity index is 542. The van der Waals surface area contributed by atoms with Crippen molar-refractivity contribution < 1.29 is 34.1 Å². The Morgan fingerprint density at radius 3 is 2.44 bits per heavy atom. The molecule has 25 heavy (non-hydrogen) atoms. The first-order valence-corrected chi connectivity index (χ1v) is 8.68. The largest absolute Gasteiger partial charge is 0.501 e. The number of hydrogen-bond donors (Lipinski definition) is 5. The number of nitrogens with zero attached hydrogens (tertiary/aromatic N) is 1. The summed E-state index contributed by atoms with van der Waals surface area (Å²) in [4.78, 5) is 46.5. The average molecular weight is 395 g/mol. The second kappa shape index (κ2) is 11.6. The maximum Gasteiger partial charge on any atom is 0.413 e. The lowest BCUT2D eigenvalue weighted by Gasteiger charge is -2.22. The molecular weight excluding hydrogens is 374 g/mol. The monoisotopic (exact) mass is 395 g/mol. The highest BCUT2D eigenvalue weighted by Crippen LogP contribution is 2.11. The Labute approximate surface area is 154 Å². The van der Waals surface area contributed by atoms with Crippen molar-refractivity contribution in [1.82, 2.24) is 10.2 Å². The molecule has 0 spiro atoms. The van der Waals surface area contributed by atoms with Crippen molar-refractivity contribution in [3.63, 3.8) is 0 Å². The van der Waals surface area contributed by atoms with Crippen LogP contribution in [-0.2, 0) is 19.1 Å². The van der Waals surface area contributed by atoms with Gasteiger partial charge in [0.2, 0.25) is 11.7 Å². The van der Waals surface area contributed by atoms with Crippen LogP contribution in [0.5, 0.6) is 0 Å². The van der Waals surface area contributed by atoms with E-state index < -0.39 is 41.7 Å². The summed E-state index contributed by atoms with van der Waals surface area (Å²) < 4.78 is 4.57. The van der Waals surface area contributed by atoms with Crippen molar-refractivity contribution in [1.29, 1.82) is 0 Å². The van der Waals surface area contributed by atoms with Crippen molar-refractivity contribution in [2.24, 2.45) is 5.73 Å². The van der Waals surface area contributed by atoms with Crippen molar-refractivity contribution in [3.05, 3.63) is 11.2 Å². The number of imide groups is 1. The Morgan fingerprint density at radius 1 is 1.36 bits per heavy atom. The smallest absolute Gasteiger partial charge is 0.413 e. The summed E-state index contributed by atoms with van der Waals surface area (Å²) in [6.07, 6.45) is -1.50. The van der Waals surface area contributed by atoms with Crippen LogP contribution in [0, 0.1) is 0 Å². The van der Waals surface area contributed by atoms with E-state index in [2.05, 4.69) is 22.7 Å². The number of rotatable bonds is 9. The highest BCUT2D eigenvalue weighted by atomic mass is 32.2. The van der Waals surface area contributed by atoms with Crippen molar-refractivity contribution in [3.8, 4) is 0 Å². The van der Waals surface area contributed by atoms with Gasteiger partial charge in [-0.3, -0.25) is 9.59 Å². The quantitative estimate of drug-likeness (QED) is 0.151. The molecule has 12 heteroatoms. The molecule has 142 valence electrons. The zero-order valence-corrected chi connectivity index (χ0v) is 15.4. The third-order valence-corrected chi connectivity index (χ3v) is 4.02. The number of thiol groups is 1. The second-order valence-corrected chi connectivity index (χ2v) is 5.85. The molecule has 0 aliphatic carbocycles. The maximum atomic E-state index is 12.1. The van der Waals surface area contributed by atoms with Gasteiger partial charge in [-0.15, -0.1) is 11.8 Å². The number of ether oxygens (including phenoxy) is 1. The number of aliphatic hydroxyl groups excluding tert-OH is 1. The van der Waals surface area contributed by atoms with Gasteiger partial charge in [0, 0.05) is 24.0 Å². The number of amides is 3. The minimum Gasteiger partial charge on any atom is -0.501 e. The zero-order valence-electron chi connectivity index (χ0n) is 13.7. The van der Waals surface area contributed by atoms with Crippen molar-refractivity contribution >= 4 is 48.3 Å². The molecule has 0 heterocycles. The minimum atomic E-state index is -1.50. The fraction of sp³-hybridized carbons (Fsp3) is 0.538. The van der Waals surface area contributed by atoms with E-state index >= 15 is 0 Å². The Hall–Kier alpha value is -1.92. The number of nitrogens with one attached hydrogen (secondary N) is 1. The van der Waals surface area contributed by atoms with E-state index in [1.165, 1.54) is 0 Å². The third-order valence-electron chi connectivity index (χ3n) is 2.71. The van der Waals surface area contributed by atoms with Crippen LogP contribution in [0.4, 0.5) is 4.79 Å². The standard InChI is InChI=1S/C13H21N3O7S2/c1-3-23-12(20)9(17)6-25-5-8(11(19)16(2)13(21)22)15-10(18)7(14)4-24/h6-8,17,24H,3-5,14H2,1-2H3,(H,15,18)(H,21,22). The van der Waals surface area contributed by atoms with Crippen molar-refractivity contribution in [2.75, 3.05) is 25.2 Å². The molecule has 0 aromatic rings. The van der Waals surface area contributed by atoms with Gasteiger partial charge < -0.3 is 26.0 Å². The van der Waals surface area contributed by atoms with Crippen LogP contribution in [0.15, 0.2) is 11.2 Å². The van der Waals surface area contributed by atoms with Gasteiger partial charge in [-0.2, -0.15) is 12.6 Å². The topological polar surface area (TPSA) is 159 Å². The number of carbonyl (C=O) groups is 4. The van der Waals surface area contributed by atoms with E-state index in [0.717, 1.165) is 24.2 Å². The Morgan fingerprint density at radius 2 is 1.96 bits per heavy atom. The predicted molar refractivity (Wildman–Crippen MR) is 94.4 cm³/mol. The first kappa shape index (κ1) is 23.1. The van der Waals surface area contributed by atoms with Gasteiger partial charge in [-0.25, -0.2) is 14.5 Å². The summed E-state index contributed by atoms with van der Waals surface area (Å²) in [6.45, 7) is 1.64. The number of thioether (sulfide) groups is 1. The number of carbonyl (C=O) groups excluding carboxylic acids is 3. The summed E-state index contributed by atoms with van der Waals surface area (Å²) in [5.41, 5.74) is 5.50. The van der Waals surface area contributed by atoms with E-state index in [-0.39, 0.29) is 18.1 Å². The van der Waals surface area contributed by atoms with E-state index in [0.29, 0.717) is 4.90 Å². The lowest BCUT2D eigenvalue weighted by molar-refractivity contribution is -0.141. The molecule has 2 unspecified atom stereocenters. The Kier molecular flexibility index (Phi) is 10.7. The highest BCUT2D eigenvalue weighted by Gasteiger charge is 2.28. The minimum absolute atomic E-state index is 0.0260. The molecule has 0 rings (SSSR count). The maximum absolute atomic E-state index is 12.1. The van der Waals surface area contributed by atoms with Gasteiger partial charge in [0.25, 0.3) is 5.91 Å². The molecule has 0 aromatic carbocycles. The van der Waals surface area contributed by atoms with Crippen LogP contribution in [0.2, 0.25) is 0 Å². The number of nitrogens with two attached hydrogens (primary N) is 1. The summed E-state index contributed by atoms with van der Waals surface area (Å²) in [5.74, 6) is -3.33. The fourth-order valence-electron chi connectivity index (χ4n) is 1.34. The van der Waals surface area contributed by atoms with Crippen LogP contribution in [0.3, 0.4) is 0 Å². The fourth-order valence-corrected chi connectivity index (χ4v) is 2.28. The number of hydrogen-bond acceptors (Lipinski definition) is 9. The molecule has 0 bridgehead atoms. The molecule has 0 saturated carbocycles. The molecule has 2 atom stereocenters. The zero-order chi connectivity index (χ0) is 19.6. The van der Waals surface area contributed by atoms with E-state index in [9.17, 15) is 24.3 Å². The molecule has 0 radical (unpaired) electrons. The van der Waals surface area contributed by atoms with Gasteiger partial charge in [-0.05, 0) is 6.92 Å². The first-order chi connectivity index (χ1) is 11.6. The molecule has 10 nitrogen and oxygen atoms in total. The van der Waals surface area contributed by atoms with Gasteiger partial charge in [0.1, 0.15) is 6.04 Å². The van der Waals surface area contributed by atoms with Crippen LogP contribution < -0.4 is 11.1 Å². The van der Waals surface area contributed by atoms with Crippen LogP contribution in [0.25, 0.3) is 0 Å². The average Bonchev–Trinajstić information content (AvgIpc) is 2.58. The molecule has 0 saturated heterocycles. The van der Waals surface area contributed by atoms with Gasteiger partial charge in [0.05, 0.1) is 12.6 Å². The third kappa shape index (κ3) is 8.14. The summed E-state index contributed by atoms with van der Waals surface area (Å²) in [6, 6.07) is -2.22. The first-order valence-electron chi connectivity index (χ1n) is 7.00.